The number of carbonyl (C=O) groups is 1. The Morgan fingerprint density at radius 1 is 1.29 bits per heavy atom. The molecule has 4 rings (SSSR count). The Morgan fingerprint density at radius 3 is 2.85 bits per heavy atom. The maximum absolute atomic E-state index is 12.4. The lowest BCUT2D eigenvalue weighted by atomic mass is 10.1. The first-order valence-corrected chi connectivity index (χ1v) is 11.4. The van der Waals surface area contributed by atoms with Gasteiger partial charge in [0.2, 0.25) is 5.91 Å². The van der Waals surface area contributed by atoms with E-state index in [0.29, 0.717) is 18.1 Å². The molecule has 4 atom stereocenters. The van der Waals surface area contributed by atoms with Gasteiger partial charge in [0, 0.05) is 11.5 Å². The van der Waals surface area contributed by atoms with Crippen molar-refractivity contribution in [3.05, 3.63) is 52.7 Å². The van der Waals surface area contributed by atoms with Gasteiger partial charge in [-0.3, -0.25) is 9.36 Å². The lowest BCUT2D eigenvalue weighted by Crippen LogP contribution is -2.33. The first-order valence-electron chi connectivity index (χ1n) is 10.4. The molecule has 1 amide bonds. The molecule has 5 N–H and O–H groups in total. The van der Waals surface area contributed by atoms with Gasteiger partial charge >= 0.3 is 0 Å². The number of rotatable bonds is 9. The number of aromatic nitrogens is 4. The second-order valence-corrected chi connectivity index (χ2v) is 8.47. The van der Waals surface area contributed by atoms with E-state index in [-0.39, 0.29) is 35.2 Å². The van der Waals surface area contributed by atoms with Crippen molar-refractivity contribution in [3.63, 3.8) is 0 Å². The number of hydrogen-bond donors (Lipinski definition) is 4. The van der Waals surface area contributed by atoms with Crippen molar-refractivity contribution < 1.29 is 19.7 Å². The Morgan fingerprint density at radius 2 is 2.09 bits per heavy atom. The fraction of sp³-hybridized carbons (Fsp3) is 0.400. The molecule has 14 heteroatoms. The number of imidazole rings is 1. The number of carbonyl (C=O) groups excluding carboxylic acids is 1. The molecule has 3 aromatic rings. The number of hydrogen-bond acceptors (Lipinski definition) is 10. The zero-order valence-electron chi connectivity index (χ0n) is 17.9. The van der Waals surface area contributed by atoms with Crippen LogP contribution in [0.3, 0.4) is 0 Å². The van der Waals surface area contributed by atoms with Gasteiger partial charge in [-0.15, -0.1) is 0 Å². The van der Waals surface area contributed by atoms with Crippen LogP contribution >= 0.6 is 11.8 Å². The van der Waals surface area contributed by atoms with Gasteiger partial charge in [-0.05, 0) is 17.5 Å². The maximum atomic E-state index is 12.4. The highest BCUT2D eigenvalue weighted by Gasteiger charge is 2.45. The monoisotopic (exact) mass is 485 g/mol. The molecule has 34 heavy (non-hydrogen) atoms. The van der Waals surface area contributed by atoms with E-state index in [9.17, 15) is 15.0 Å². The quantitative estimate of drug-likeness (QED) is 0.146. The summed E-state index contributed by atoms with van der Waals surface area (Å²) in [6.45, 7) is 0.317. The minimum atomic E-state index is -1.36. The van der Waals surface area contributed by atoms with Crippen molar-refractivity contribution in [1.82, 2.24) is 24.8 Å². The van der Waals surface area contributed by atoms with Gasteiger partial charge in [-0.2, -0.15) is 0 Å². The molecule has 1 saturated heterocycles. The van der Waals surface area contributed by atoms with Crippen LogP contribution in [0, 0.1) is 0 Å². The third kappa shape index (κ3) is 5.05. The predicted octanol–water partition coefficient (Wildman–Crippen LogP) is 0.789. The first-order chi connectivity index (χ1) is 16.5. The molecule has 2 aromatic heterocycles. The van der Waals surface area contributed by atoms with E-state index < -0.39 is 24.5 Å². The van der Waals surface area contributed by atoms with E-state index in [1.165, 1.54) is 10.9 Å². The molecule has 0 bridgehead atoms. The average Bonchev–Trinajstić information content (AvgIpc) is 3.35. The fourth-order valence-corrected chi connectivity index (χ4v) is 4.47. The highest BCUT2D eigenvalue weighted by molar-refractivity contribution is 7.99. The molecule has 0 spiro atoms. The van der Waals surface area contributed by atoms with Gasteiger partial charge < -0.3 is 26.0 Å². The second-order valence-electron chi connectivity index (χ2n) is 7.53. The molecule has 0 saturated carbocycles. The number of nitrogens with zero attached hydrogens (tertiary/aromatic N) is 7. The van der Waals surface area contributed by atoms with E-state index in [4.69, 9.17) is 16.0 Å². The van der Waals surface area contributed by atoms with Crippen molar-refractivity contribution in [2.45, 2.75) is 36.1 Å². The molecule has 1 fully saturated rings. The zero-order valence-corrected chi connectivity index (χ0v) is 18.7. The predicted molar refractivity (Wildman–Crippen MR) is 124 cm³/mol. The van der Waals surface area contributed by atoms with Crippen LogP contribution in [0.25, 0.3) is 21.6 Å². The molecule has 0 aliphatic carbocycles. The molecule has 178 valence electrons. The minimum absolute atomic E-state index is 0.0406. The van der Waals surface area contributed by atoms with Crippen molar-refractivity contribution >= 4 is 34.7 Å². The number of aliphatic hydroxyl groups excluding tert-OH is 2. The summed E-state index contributed by atoms with van der Waals surface area (Å²) in [5.74, 6) is -0.0387. The van der Waals surface area contributed by atoms with E-state index in [1.807, 2.05) is 30.3 Å². The molecule has 3 heterocycles. The molecule has 1 aliphatic rings. The number of fused-ring (bicyclic) bond motifs is 1. The molecule has 1 aromatic carbocycles. The third-order valence-corrected chi connectivity index (χ3v) is 6.25. The highest BCUT2D eigenvalue weighted by Crippen LogP contribution is 2.36. The van der Waals surface area contributed by atoms with E-state index in [2.05, 4.69) is 30.3 Å². The molecule has 13 nitrogen and oxygen atoms in total. The molecular weight excluding hydrogens is 462 g/mol. The second kappa shape index (κ2) is 10.7. The fourth-order valence-electron chi connectivity index (χ4n) is 3.62. The van der Waals surface area contributed by atoms with E-state index in [1.54, 1.807) is 0 Å². The highest BCUT2D eigenvalue weighted by atomic mass is 32.2. The summed E-state index contributed by atoms with van der Waals surface area (Å²) in [5, 5.41) is 27.6. The number of nitrogens with two attached hydrogens (primary N) is 1. The summed E-state index contributed by atoms with van der Waals surface area (Å²) >= 11 is 1.11. The van der Waals surface area contributed by atoms with Crippen LogP contribution in [0.1, 0.15) is 11.8 Å². The van der Waals surface area contributed by atoms with Crippen molar-refractivity contribution in [3.8, 4) is 0 Å². The maximum Gasteiger partial charge on any atom is 0.230 e. The number of anilines is 1. The topological polar surface area (TPSA) is 197 Å². The Labute approximate surface area is 198 Å². The van der Waals surface area contributed by atoms with Crippen LogP contribution in [0.15, 0.2) is 46.9 Å². The van der Waals surface area contributed by atoms with Crippen LogP contribution in [0.5, 0.6) is 0 Å². The van der Waals surface area contributed by atoms with Crippen LogP contribution in [0.2, 0.25) is 0 Å². The molecule has 0 unspecified atom stereocenters. The zero-order chi connectivity index (χ0) is 24.1. The van der Waals surface area contributed by atoms with Gasteiger partial charge in [-0.1, -0.05) is 47.2 Å². The number of aliphatic hydroxyl groups is 2. The molecule has 1 aliphatic heterocycles. The van der Waals surface area contributed by atoms with Gasteiger partial charge in [0.05, 0.1) is 18.4 Å². The van der Waals surface area contributed by atoms with E-state index in [0.717, 1.165) is 17.3 Å². The van der Waals surface area contributed by atoms with Crippen LogP contribution in [-0.4, -0.2) is 72.8 Å². The smallest absolute Gasteiger partial charge is 0.230 e. The molecular formula is C20H23N9O4S. The Balaban J connectivity index is 1.50. The number of amides is 1. The van der Waals surface area contributed by atoms with Crippen LogP contribution in [0.4, 0.5) is 5.82 Å². The summed E-state index contributed by atoms with van der Waals surface area (Å²) in [6, 6.07) is 9.81. The van der Waals surface area contributed by atoms with Crippen molar-refractivity contribution in [1.29, 1.82) is 0 Å². The van der Waals surface area contributed by atoms with Crippen LogP contribution in [-0.2, 0) is 16.0 Å². The lowest BCUT2D eigenvalue weighted by Gasteiger charge is -2.19. The summed E-state index contributed by atoms with van der Waals surface area (Å²) in [7, 11) is 0. The number of nitrogens with one attached hydrogen (secondary N) is 1. The summed E-state index contributed by atoms with van der Waals surface area (Å²) in [5.41, 5.74) is 16.2. The van der Waals surface area contributed by atoms with Crippen molar-refractivity contribution in [2.75, 3.05) is 24.6 Å². The Bertz CT molecular complexity index is 1200. The van der Waals surface area contributed by atoms with Gasteiger partial charge in [0.25, 0.3) is 0 Å². The standard InChI is InChI=1S/C20H23N9O4S/c21-17-14-18(25-10-24-17)29(19-16(32)15(31)12(33-19)8-26-28-22)20(27-14)34-9-13(30)23-7-6-11-4-2-1-3-5-11/h1-5,10,12,15-16,19,31-32H,6-9H2,(H,23,30)(H2,21,24,25)/t12-,15-,16-,19-/m1/s1. The minimum Gasteiger partial charge on any atom is -0.388 e. The van der Waals surface area contributed by atoms with Crippen molar-refractivity contribution in [2.24, 2.45) is 5.11 Å². The van der Waals surface area contributed by atoms with Gasteiger partial charge in [0.15, 0.2) is 28.4 Å². The Hall–Kier alpha value is -3.42. The number of nitrogen functional groups attached to an aromatic ring is 1. The number of azide groups is 1. The number of ether oxygens (including phenoxy) is 1. The summed E-state index contributed by atoms with van der Waals surface area (Å²) in [6.07, 6.45) is -2.72. The normalized spacial score (nSPS) is 21.9. The first kappa shape index (κ1) is 23.7. The lowest BCUT2D eigenvalue weighted by molar-refractivity contribution is -0.118. The average molecular weight is 486 g/mol. The number of thioether (sulfide) groups is 1. The van der Waals surface area contributed by atoms with Crippen LogP contribution < -0.4 is 11.1 Å². The Kier molecular flexibility index (Phi) is 7.45. The SMILES string of the molecule is [N-]=[N+]=NC[C@H]1O[C@@H](n2c(SCC(=O)NCCc3ccccc3)nc3c(N)ncnc32)[C@H](O)[C@@H]1O. The van der Waals surface area contributed by atoms with E-state index >= 15 is 0 Å². The third-order valence-electron chi connectivity index (χ3n) is 5.30. The molecule has 0 radical (unpaired) electrons. The number of benzene rings is 1. The van der Waals surface area contributed by atoms with Gasteiger partial charge in [0.1, 0.15) is 18.5 Å². The largest absolute Gasteiger partial charge is 0.388 e. The van der Waals surface area contributed by atoms with Gasteiger partial charge in [-0.25, -0.2) is 15.0 Å². The summed E-state index contributed by atoms with van der Waals surface area (Å²) < 4.78 is 7.26. The summed E-state index contributed by atoms with van der Waals surface area (Å²) in [4.78, 5) is 27.7.